The molecule has 3 rings (SSSR count). The summed E-state index contributed by atoms with van der Waals surface area (Å²) in [5.41, 5.74) is 1.09. The summed E-state index contributed by atoms with van der Waals surface area (Å²) in [6.07, 6.45) is 2.90. The van der Waals surface area contributed by atoms with E-state index >= 15 is 0 Å². The van der Waals surface area contributed by atoms with Crippen LogP contribution in [-0.2, 0) is 17.8 Å². The minimum Gasteiger partial charge on any atom is -0.374 e. The van der Waals surface area contributed by atoms with Gasteiger partial charge in [0.1, 0.15) is 12.4 Å². The highest BCUT2D eigenvalue weighted by molar-refractivity contribution is 6.31. The van der Waals surface area contributed by atoms with Gasteiger partial charge in [-0.3, -0.25) is 0 Å². The topological polar surface area (TPSA) is 43.2 Å². The van der Waals surface area contributed by atoms with Crippen LogP contribution < -0.4 is 0 Å². The lowest BCUT2D eigenvalue weighted by Crippen LogP contribution is -2.32. The van der Waals surface area contributed by atoms with Crippen LogP contribution in [0.3, 0.4) is 0 Å². The lowest BCUT2D eigenvalue weighted by molar-refractivity contribution is 0.127. The fourth-order valence-electron chi connectivity index (χ4n) is 3.12. The lowest BCUT2D eigenvalue weighted by Gasteiger charge is -2.29. The van der Waals surface area contributed by atoms with E-state index in [-0.39, 0.29) is 0 Å². The summed E-state index contributed by atoms with van der Waals surface area (Å²) in [5.74, 6) is 1.74. The minimum atomic E-state index is 0.404. The third-order valence-electron chi connectivity index (χ3n) is 4.52. The summed E-state index contributed by atoms with van der Waals surface area (Å²) < 4.78 is 7.61. The van der Waals surface area contributed by atoms with Gasteiger partial charge in [-0.25, -0.2) is 9.67 Å². The van der Waals surface area contributed by atoms with Gasteiger partial charge in [0.2, 0.25) is 0 Å². The van der Waals surface area contributed by atoms with E-state index in [0.29, 0.717) is 25.7 Å². The number of nitrogens with zero attached hydrogens (tertiary/aromatic N) is 4. The molecule has 24 heavy (non-hydrogen) atoms. The van der Waals surface area contributed by atoms with Crippen molar-refractivity contribution >= 4 is 11.6 Å². The van der Waals surface area contributed by atoms with E-state index in [0.717, 1.165) is 48.2 Å². The Morgan fingerprint density at radius 3 is 2.71 bits per heavy atom. The Balaban J connectivity index is 1.85. The quantitative estimate of drug-likeness (QED) is 0.803. The molecule has 1 aliphatic rings. The van der Waals surface area contributed by atoms with Gasteiger partial charge in [0.15, 0.2) is 5.82 Å². The highest BCUT2D eigenvalue weighted by Gasteiger charge is 2.23. The van der Waals surface area contributed by atoms with E-state index in [9.17, 15) is 0 Å². The van der Waals surface area contributed by atoms with Crippen LogP contribution in [0.25, 0.3) is 0 Å². The number of piperidine rings is 1. The van der Waals surface area contributed by atoms with Crippen LogP contribution in [0.2, 0.25) is 5.02 Å². The highest BCUT2D eigenvalue weighted by Crippen LogP contribution is 2.25. The van der Waals surface area contributed by atoms with Gasteiger partial charge in [-0.15, -0.1) is 0 Å². The third kappa shape index (κ3) is 4.15. The second kappa shape index (κ2) is 8.10. The van der Waals surface area contributed by atoms with Gasteiger partial charge in [-0.2, -0.15) is 5.10 Å². The fourth-order valence-corrected chi connectivity index (χ4v) is 3.33. The predicted octanol–water partition coefficient (Wildman–Crippen LogP) is 3.33. The van der Waals surface area contributed by atoms with Crippen molar-refractivity contribution in [2.75, 3.05) is 26.7 Å². The standard InChI is InChI=1S/C18H25ClN4O/c1-3-24-13-17-20-18(12-14-6-4-5-7-16(14)19)23(21-17)15-8-10-22(2)11-9-15/h4-7,15H,3,8-13H2,1-2H3. The van der Waals surface area contributed by atoms with Crippen LogP contribution in [0.4, 0.5) is 0 Å². The minimum absolute atomic E-state index is 0.404. The first-order valence-electron chi connectivity index (χ1n) is 8.61. The summed E-state index contributed by atoms with van der Waals surface area (Å²) in [4.78, 5) is 7.10. The van der Waals surface area contributed by atoms with Gasteiger partial charge < -0.3 is 9.64 Å². The van der Waals surface area contributed by atoms with E-state index in [1.165, 1.54) is 0 Å². The first-order chi connectivity index (χ1) is 11.7. The van der Waals surface area contributed by atoms with Gasteiger partial charge in [0.25, 0.3) is 0 Å². The molecule has 0 unspecified atom stereocenters. The molecule has 1 aromatic carbocycles. The highest BCUT2D eigenvalue weighted by atomic mass is 35.5. The van der Waals surface area contributed by atoms with E-state index < -0.39 is 0 Å². The smallest absolute Gasteiger partial charge is 0.176 e. The molecule has 130 valence electrons. The van der Waals surface area contributed by atoms with E-state index in [1.54, 1.807) is 0 Å². The lowest BCUT2D eigenvalue weighted by atomic mass is 10.1. The summed E-state index contributed by atoms with van der Waals surface area (Å²) in [5, 5.41) is 5.52. The number of hydrogen-bond donors (Lipinski definition) is 0. The molecule has 1 aliphatic heterocycles. The van der Waals surface area contributed by atoms with Gasteiger partial charge in [0, 0.05) is 18.1 Å². The molecule has 0 amide bonds. The SMILES string of the molecule is CCOCc1nc(Cc2ccccc2Cl)n(C2CCN(C)CC2)n1. The molecule has 6 heteroatoms. The second-order valence-corrected chi connectivity index (χ2v) is 6.74. The molecule has 1 aromatic heterocycles. The Hall–Kier alpha value is -1.43. The average molecular weight is 349 g/mol. The molecule has 0 saturated carbocycles. The molecule has 1 fully saturated rings. The Labute approximate surface area is 148 Å². The summed E-state index contributed by atoms with van der Waals surface area (Å²) in [6.45, 7) is 5.31. The van der Waals surface area contributed by atoms with Crippen molar-refractivity contribution in [1.82, 2.24) is 19.7 Å². The monoisotopic (exact) mass is 348 g/mol. The van der Waals surface area contributed by atoms with Crippen LogP contribution >= 0.6 is 11.6 Å². The zero-order valence-corrected chi connectivity index (χ0v) is 15.2. The Morgan fingerprint density at radius 1 is 1.25 bits per heavy atom. The van der Waals surface area contributed by atoms with Crippen LogP contribution in [0.1, 0.15) is 43.0 Å². The molecule has 0 spiro atoms. The number of halogens is 1. The maximum atomic E-state index is 6.33. The zero-order chi connectivity index (χ0) is 16.9. The van der Waals surface area contributed by atoms with Gasteiger partial charge in [-0.1, -0.05) is 29.8 Å². The number of rotatable bonds is 6. The van der Waals surface area contributed by atoms with Crippen molar-refractivity contribution in [1.29, 1.82) is 0 Å². The van der Waals surface area contributed by atoms with Crippen molar-refractivity contribution in [3.05, 3.63) is 46.5 Å². The molecule has 0 N–H and O–H groups in total. The fraction of sp³-hybridized carbons (Fsp3) is 0.556. The summed E-state index contributed by atoms with van der Waals surface area (Å²) >= 11 is 6.33. The first-order valence-corrected chi connectivity index (χ1v) is 8.99. The van der Waals surface area contributed by atoms with E-state index in [2.05, 4.69) is 22.7 Å². The Kier molecular flexibility index (Phi) is 5.87. The molecule has 1 saturated heterocycles. The van der Waals surface area contributed by atoms with Crippen LogP contribution in [0, 0.1) is 0 Å². The van der Waals surface area contributed by atoms with Crippen LogP contribution in [-0.4, -0.2) is 46.4 Å². The largest absolute Gasteiger partial charge is 0.374 e. The van der Waals surface area contributed by atoms with Crippen molar-refractivity contribution in [3.63, 3.8) is 0 Å². The summed E-state index contributed by atoms with van der Waals surface area (Å²) in [6, 6.07) is 8.35. The molecule has 5 nitrogen and oxygen atoms in total. The number of benzene rings is 1. The molecule has 2 aromatic rings. The molecule has 0 aliphatic carbocycles. The maximum Gasteiger partial charge on any atom is 0.176 e. The maximum absolute atomic E-state index is 6.33. The normalized spacial score (nSPS) is 16.6. The van der Waals surface area contributed by atoms with Crippen molar-refractivity contribution < 1.29 is 4.74 Å². The zero-order valence-electron chi connectivity index (χ0n) is 14.4. The van der Waals surface area contributed by atoms with Crippen molar-refractivity contribution in [2.45, 2.75) is 38.8 Å². The molecule has 0 atom stereocenters. The van der Waals surface area contributed by atoms with E-state index in [1.807, 2.05) is 25.1 Å². The number of likely N-dealkylation sites (tertiary alicyclic amines) is 1. The number of hydrogen-bond acceptors (Lipinski definition) is 4. The van der Waals surface area contributed by atoms with Gasteiger partial charge >= 0.3 is 0 Å². The van der Waals surface area contributed by atoms with E-state index in [4.69, 9.17) is 26.4 Å². The number of ether oxygens (including phenoxy) is 1. The molecule has 2 heterocycles. The predicted molar refractivity (Wildman–Crippen MR) is 95.4 cm³/mol. The van der Waals surface area contributed by atoms with Gasteiger partial charge in [-0.05, 0) is 51.5 Å². The second-order valence-electron chi connectivity index (χ2n) is 6.33. The van der Waals surface area contributed by atoms with Crippen molar-refractivity contribution in [2.24, 2.45) is 0 Å². The van der Waals surface area contributed by atoms with Crippen LogP contribution in [0.15, 0.2) is 24.3 Å². The number of aromatic nitrogens is 3. The Morgan fingerprint density at radius 2 is 2.00 bits per heavy atom. The first kappa shape index (κ1) is 17.4. The molecule has 0 radical (unpaired) electrons. The average Bonchev–Trinajstić information content (AvgIpc) is 2.98. The summed E-state index contributed by atoms with van der Waals surface area (Å²) in [7, 11) is 2.17. The molecular weight excluding hydrogens is 324 g/mol. The van der Waals surface area contributed by atoms with Gasteiger partial charge in [0.05, 0.1) is 6.04 Å². The molecule has 0 bridgehead atoms. The Bertz CT molecular complexity index is 665. The molecular formula is C18H25ClN4O. The van der Waals surface area contributed by atoms with Crippen molar-refractivity contribution in [3.8, 4) is 0 Å². The van der Waals surface area contributed by atoms with Crippen LogP contribution in [0.5, 0.6) is 0 Å². The third-order valence-corrected chi connectivity index (χ3v) is 4.89.